The summed E-state index contributed by atoms with van der Waals surface area (Å²) in [5, 5.41) is 0. The van der Waals surface area contributed by atoms with Crippen molar-refractivity contribution in [3.8, 4) is 11.5 Å². The number of hydrogen-bond acceptors (Lipinski definition) is 5. The summed E-state index contributed by atoms with van der Waals surface area (Å²) in [5.41, 5.74) is 1.78. The monoisotopic (exact) mass is 432 g/mol. The molecule has 1 aliphatic rings. The van der Waals surface area contributed by atoms with E-state index in [0.717, 1.165) is 60.1 Å². The van der Waals surface area contributed by atoms with Crippen LogP contribution in [0.25, 0.3) is 4.91 Å². The molecule has 0 aliphatic carbocycles. The minimum Gasteiger partial charge on any atom is -0.496 e. The van der Waals surface area contributed by atoms with E-state index in [1.165, 1.54) is 24.6 Å². The van der Waals surface area contributed by atoms with Crippen molar-refractivity contribution < 1.29 is 14.3 Å². The average molecular weight is 433 g/mol. The molecule has 2 rings (SSSR count). The molecule has 5 nitrogen and oxygen atoms in total. The van der Waals surface area contributed by atoms with Gasteiger partial charge in [-0.1, -0.05) is 43.3 Å². The first-order valence-corrected chi connectivity index (χ1v) is 11.5. The molecule has 6 heteroatoms. The third kappa shape index (κ3) is 6.29. The van der Waals surface area contributed by atoms with Crippen molar-refractivity contribution in [1.82, 2.24) is 9.80 Å². The zero-order valence-corrected chi connectivity index (χ0v) is 19.9. The van der Waals surface area contributed by atoms with E-state index in [9.17, 15) is 4.79 Å². The Balaban J connectivity index is 2.16. The molecule has 0 saturated carbocycles. The Morgan fingerprint density at radius 1 is 1.10 bits per heavy atom. The van der Waals surface area contributed by atoms with Crippen molar-refractivity contribution in [3.63, 3.8) is 0 Å². The van der Waals surface area contributed by atoms with Gasteiger partial charge in [-0.3, -0.25) is 4.79 Å². The van der Waals surface area contributed by atoms with Crippen molar-refractivity contribution in [1.29, 1.82) is 0 Å². The van der Waals surface area contributed by atoms with Gasteiger partial charge in [-0.05, 0) is 51.9 Å². The smallest absolute Gasteiger partial charge is 0.260 e. The highest BCUT2D eigenvalue weighted by Crippen LogP contribution is 2.43. The van der Waals surface area contributed by atoms with Crippen LogP contribution in [0.5, 0.6) is 11.5 Å². The summed E-state index contributed by atoms with van der Waals surface area (Å²) in [4.78, 5) is 19.4. The molecule has 0 radical (unpaired) electrons. The minimum atomic E-state index is 0.0901. The lowest BCUT2D eigenvalue weighted by Gasteiger charge is -2.24. The Morgan fingerprint density at radius 3 is 2.33 bits per heavy atom. The number of amides is 1. The third-order valence-corrected chi connectivity index (χ3v) is 6.52. The minimum absolute atomic E-state index is 0.0901. The van der Waals surface area contributed by atoms with Gasteiger partial charge in [-0.15, -0.1) is 0 Å². The van der Waals surface area contributed by atoms with Crippen LogP contribution in [0.3, 0.4) is 0 Å². The summed E-state index contributed by atoms with van der Waals surface area (Å²) < 4.78 is 11.0. The number of hydrogen-bond donors (Lipinski definition) is 0. The molecule has 166 valence electrons. The Bertz CT molecular complexity index is 749. The molecule has 30 heavy (non-hydrogen) atoms. The van der Waals surface area contributed by atoms with Crippen molar-refractivity contribution in [2.24, 2.45) is 0 Å². The van der Waals surface area contributed by atoms with Crippen LogP contribution in [-0.2, 0) is 4.79 Å². The number of carbonyl (C=O) groups excluding carboxylic acids is 1. The van der Waals surface area contributed by atoms with Crippen LogP contribution < -0.4 is 9.47 Å². The van der Waals surface area contributed by atoms with Crippen molar-refractivity contribution in [2.45, 2.75) is 40.0 Å². The summed E-state index contributed by atoms with van der Waals surface area (Å²) in [6.45, 7) is 15.1. The van der Waals surface area contributed by atoms with Gasteiger partial charge in [0, 0.05) is 24.5 Å². The van der Waals surface area contributed by atoms with Gasteiger partial charge < -0.3 is 19.3 Å². The molecule has 1 amide bonds. The van der Waals surface area contributed by atoms with Gasteiger partial charge in [0.15, 0.2) is 0 Å². The van der Waals surface area contributed by atoms with Gasteiger partial charge in [0.2, 0.25) is 0 Å². The molecular weight excluding hydrogens is 396 g/mol. The Labute approximate surface area is 186 Å². The highest BCUT2D eigenvalue weighted by atomic mass is 32.2. The number of methoxy groups -OCH3 is 2. The Kier molecular flexibility index (Phi) is 9.79. The molecule has 0 atom stereocenters. The number of allylic oxidation sites excluding steroid dienone is 1. The summed E-state index contributed by atoms with van der Waals surface area (Å²) in [7, 11) is 3.26. The SMILES string of the molecule is C=C(SC(C(=O)N1CCCN(CCCC)CC1)=C(C)C)c1c(OC)cccc1OC. The number of carbonyl (C=O) groups is 1. The second-order valence-electron chi connectivity index (χ2n) is 7.73. The molecule has 1 aliphatic heterocycles. The van der Waals surface area contributed by atoms with Crippen molar-refractivity contribution in [3.05, 3.63) is 40.8 Å². The summed E-state index contributed by atoms with van der Waals surface area (Å²) in [6, 6.07) is 5.65. The van der Waals surface area contributed by atoms with Crippen LogP contribution in [0.2, 0.25) is 0 Å². The predicted molar refractivity (Wildman–Crippen MR) is 127 cm³/mol. The fourth-order valence-electron chi connectivity index (χ4n) is 3.58. The van der Waals surface area contributed by atoms with Gasteiger partial charge in [-0.25, -0.2) is 0 Å². The fourth-order valence-corrected chi connectivity index (χ4v) is 4.55. The molecule has 0 aromatic heterocycles. The molecule has 0 bridgehead atoms. The van der Waals surface area contributed by atoms with Gasteiger partial charge in [-0.2, -0.15) is 0 Å². The van der Waals surface area contributed by atoms with Crippen LogP contribution in [0.15, 0.2) is 35.3 Å². The van der Waals surface area contributed by atoms with E-state index in [0.29, 0.717) is 11.5 Å². The first-order chi connectivity index (χ1) is 14.4. The van der Waals surface area contributed by atoms with Gasteiger partial charge >= 0.3 is 0 Å². The lowest BCUT2D eigenvalue weighted by atomic mass is 10.1. The summed E-state index contributed by atoms with van der Waals surface area (Å²) in [6.07, 6.45) is 3.42. The fraction of sp³-hybridized carbons (Fsp3) is 0.542. The molecule has 1 saturated heterocycles. The zero-order valence-electron chi connectivity index (χ0n) is 19.1. The van der Waals surface area contributed by atoms with Crippen LogP contribution >= 0.6 is 11.8 Å². The van der Waals surface area contributed by atoms with E-state index >= 15 is 0 Å². The zero-order chi connectivity index (χ0) is 22.1. The maximum absolute atomic E-state index is 13.4. The molecular formula is C24H36N2O3S. The number of ether oxygens (including phenoxy) is 2. The quantitative estimate of drug-likeness (QED) is 0.512. The molecule has 1 aromatic carbocycles. The van der Waals surface area contributed by atoms with Crippen LogP contribution in [0.4, 0.5) is 0 Å². The molecule has 0 N–H and O–H groups in total. The first kappa shape index (κ1) is 24.4. The predicted octanol–water partition coefficient (Wildman–Crippen LogP) is 5.04. The van der Waals surface area contributed by atoms with Gasteiger partial charge in [0.05, 0.1) is 24.7 Å². The summed E-state index contributed by atoms with van der Waals surface area (Å²) in [5.74, 6) is 1.47. The second-order valence-corrected chi connectivity index (χ2v) is 8.84. The second kappa shape index (κ2) is 12.1. The highest BCUT2D eigenvalue weighted by Gasteiger charge is 2.25. The topological polar surface area (TPSA) is 42.0 Å². The van der Waals surface area contributed by atoms with Crippen molar-refractivity contribution in [2.75, 3.05) is 46.9 Å². The molecule has 0 spiro atoms. The first-order valence-electron chi connectivity index (χ1n) is 10.7. The molecule has 1 heterocycles. The molecule has 1 aromatic rings. The average Bonchev–Trinajstić information content (AvgIpc) is 3.00. The Morgan fingerprint density at radius 2 is 1.77 bits per heavy atom. The Hall–Kier alpha value is -1.92. The van der Waals surface area contributed by atoms with Crippen LogP contribution in [0, 0.1) is 0 Å². The third-order valence-electron chi connectivity index (χ3n) is 5.28. The van der Waals surface area contributed by atoms with E-state index < -0.39 is 0 Å². The normalized spacial score (nSPS) is 14.8. The number of rotatable bonds is 9. The maximum atomic E-state index is 13.4. The van der Waals surface area contributed by atoms with E-state index in [2.05, 4.69) is 18.4 Å². The van der Waals surface area contributed by atoms with E-state index in [-0.39, 0.29) is 5.91 Å². The maximum Gasteiger partial charge on any atom is 0.260 e. The molecule has 0 unspecified atom stereocenters. The highest BCUT2D eigenvalue weighted by molar-refractivity contribution is 8.12. The van der Waals surface area contributed by atoms with E-state index in [1.54, 1.807) is 14.2 Å². The summed E-state index contributed by atoms with van der Waals surface area (Å²) >= 11 is 1.41. The van der Waals surface area contributed by atoms with Crippen LogP contribution in [0.1, 0.15) is 45.6 Å². The van der Waals surface area contributed by atoms with Crippen molar-refractivity contribution >= 4 is 22.6 Å². The number of benzene rings is 1. The molecule has 1 fully saturated rings. The number of thioether (sulfide) groups is 1. The number of nitrogens with zero attached hydrogens (tertiary/aromatic N) is 2. The standard InChI is InChI=1S/C24H36N2O3S/c1-7-8-13-25-14-10-15-26(17-16-25)24(27)23(18(2)3)30-19(4)22-20(28-5)11-9-12-21(22)29-6/h9,11-12H,4,7-8,10,13-17H2,1-3,5-6H3. The van der Waals surface area contributed by atoms with Gasteiger partial charge in [0.1, 0.15) is 11.5 Å². The van der Waals surface area contributed by atoms with Gasteiger partial charge in [0.25, 0.3) is 5.91 Å². The van der Waals surface area contributed by atoms with E-state index in [1.807, 2.05) is 36.9 Å². The lowest BCUT2D eigenvalue weighted by molar-refractivity contribution is -0.126. The largest absolute Gasteiger partial charge is 0.496 e. The van der Waals surface area contributed by atoms with E-state index in [4.69, 9.17) is 9.47 Å². The lowest BCUT2D eigenvalue weighted by Crippen LogP contribution is -2.36. The van der Waals surface area contributed by atoms with Crippen LogP contribution in [-0.4, -0.2) is 62.7 Å². The number of unbranched alkanes of at least 4 members (excludes halogenated alkanes) is 1.